The van der Waals surface area contributed by atoms with Crippen LogP contribution >= 0.6 is 0 Å². The van der Waals surface area contributed by atoms with Crippen LogP contribution in [0, 0.1) is 23.7 Å². The zero-order chi connectivity index (χ0) is 28.4. The summed E-state index contributed by atoms with van der Waals surface area (Å²) in [6.45, 7) is 4.94. The average molecular weight is 553 g/mol. The zero-order valence-corrected chi connectivity index (χ0v) is 25.4. The second-order valence-corrected chi connectivity index (χ2v) is 13.8. The standard InChI is InChI=1S/C40H44N2/c1-26-28-12-8-16-30(26)36-20-10-22-38(41-36)40(34-18-6-4-14-32(34)33-15-5-7-19-35(33)40)39-23-11-21-37(42(39)3)31-17-9-13-29(25-24-28)27(31)2/h4-10,12-20,22,26-27,29-30,32,34,37,39H,11,21,23-25H2,1-3H3. The maximum atomic E-state index is 5.75. The lowest BCUT2D eigenvalue weighted by atomic mass is 9.61. The van der Waals surface area contributed by atoms with Crippen molar-refractivity contribution in [2.75, 3.05) is 7.05 Å². The van der Waals surface area contributed by atoms with E-state index in [0.717, 1.165) is 6.42 Å². The number of nitrogens with zero attached hydrogens (tertiary/aromatic N) is 2. The third-order valence-corrected chi connectivity index (χ3v) is 12.1. The summed E-state index contributed by atoms with van der Waals surface area (Å²) in [5.41, 5.74) is 8.52. The molecule has 0 radical (unpaired) electrons. The minimum Gasteiger partial charge on any atom is -0.295 e. The van der Waals surface area contributed by atoms with Gasteiger partial charge in [-0.05, 0) is 85.7 Å². The summed E-state index contributed by atoms with van der Waals surface area (Å²) in [5.74, 6) is 2.67. The minimum absolute atomic E-state index is 0.208. The van der Waals surface area contributed by atoms with Crippen molar-refractivity contribution in [3.8, 4) is 0 Å². The highest BCUT2D eigenvalue weighted by molar-refractivity contribution is 5.57. The molecular formula is C40H44N2. The van der Waals surface area contributed by atoms with Crippen molar-refractivity contribution in [1.82, 2.24) is 9.88 Å². The molecule has 0 amide bonds. The van der Waals surface area contributed by atoms with Crippen molar-refractivity contribution < 1.29 is 0 Å². The van der Waals surface area contributed by atoms with Gasteiger partial charge in [0.15, 0.2) is 0 Å². The Kier molecular flexibility index (Phi) is 6.41. The van der Waals surface area contributed by atoms with Crippen molar-refractivity contribution in [2.45, 2.75) is 75.3 Å². The first-order valence-corrected chi connectivity index (χ1v) is 16.5. The van der Waals surface area contributed by atoms with Gasteiger partial charge in [-0.15, -0.1) is 0 Å². The van der Waals surface area contributed by atoms with Crippen LogP contribution in [0.3, 0.4) is 0 Å². The Morgan fingerprint density at radius 2 is 1.62 bits per heavy atom. The smallest absolute Gasteiger partial charge is 0.0604 e. The fraction of sp³-hybridized carbons (Fsp3) is 0.425. The molecule has 2 nitrogen and oxygen atoms in total. The highest BCUT2D eigenvalue weighted by Gasteiger charge is 2.59. The number of hydrogen-bond donors (Lipinski definition) is 0. The molecule has 4 aliphatic carbocycles. The van der Waals surface area contributed by atoms with Crippen LogP contribution < -0.4 is 0 Å². The maximum absolute atomic E-state index is 5.75. The van der Waals surface area contributed by atoms with Gasteiger partial charge in [0.2, 0.25) is 0 Å². The molecule has 9 unspecified atom stereocenters. The Bertz CT molecular complexity index is 1570. The fourth-order valence-corrected chi connectivity index (χ4v) is 9.99. The Morgan fingerprint density at radius 1 is 0.786 bits per heavy atom. The summed E-state index contributed by atoms with van der Waals surface area (Å²) in [6, 6.07) is 17.2. The molecule has 1 fully saturated rings. The number of hydrogen-bond acceptors (Lipinski definition) is 2. The molecule has 6 aliphatic rings. The second-order valence-electron chi connectivity index (χ2n) is 13.8. The van der Waals surface area contributed by atoms with Crippen molar-refractivity contribution in [3.63, 3.8) is 0 Å². The summed E-state index contributed by atoms with van der Waals surface area (Å²) < 4.78 is 0. The normalized spacial score (nSPS) is 38.3. The van der Waals surface area contributed by atoms with E-state index in [9.17, 15) is 0 Å². The molecule has 2 heteroatoms. The Morgan fingerprint density at radius 3 is 2.55 bits per heavy atom. The van der Waals surface area contributed by atoms with Gasteiger partial charge in [0.25, 0.3) is 0 Å². The van der Waals surface area contributed by atoms with Gasteiger partial charge >= 0.3 is 0 Å². The van der Waals surface area contributed by atoms with Crippen LogP contribution in [0.15, 0.2) is 114 Å². The summed E-state index contributed by atoms with van der Waals surface area (Å²) in [5, 5.41) is 0. The molecule has 8 rings (SSSR count). The van der Waals surface area contributed by atoms with Crippen molar-refractivity contribution in [2.24, 2.45) is 23.7 Å². The Balaban J connectivity index is 1.39. The van der Waals surface area contributed by atoms with Gasteiger partial charge in [-0.1, -0.05) is 111 Å². The molecule has 2 aliphatic heterocycles. The van der Waals surface area contributed by atoms with Gasteiger partial charge in [0.1, 0.15) is 0 Å². The molecule has 1 spiro atoms. The van der Waals surface area contributed by atoms with Crippen LogP contribution in [0.25, 0.3) is 0 Å². The van der Waals surface area contributed by atoms with Gasteiger partial charge in [-0.25, -0.2) is 0 Å². The first kappa shape index (κ1) is 26.4. The highest BCUT2D eigenvalue weighted by Crippen LogP contribution is 2.60. The monoisotopic (exact) mass is 552 g/mol. The van der Waals surface area contributed by atoms with E-state index >= 15 is 0 Å². The van der Waals surface area contributed by atoms with Crippen LogP contribution in [-0.2, 0) is 5.41 Å². The molecule has 1 saturated heterocycles. The lowest BCUT2D eigenvalue weighted by Crippen LogP contribution is -2.58. The lowest BCUT2D eigenvalue weighted by molar-refractivity contribution is 0.0636. The Labute approximate surface area is 252 Å². The fourth-order valence-electron chi connectivity index (χ4n) is 9.99. The number of rotatable bonds is 0. The van der Waals surface area contributed by atoms with E-state index in [0.29, 0.717) is 47.6 Å². The lowest BCUT2D eigenvalue weighted by Gasteiger charge is -2.53. The summed E-state index contributed by atoms with van der Waals surface area (Å²) in [4.78, 5) is 8.56. The van der Waals surface area contributed by atoms with E-state index in [4.69, 9.17) is 4.98 Å². The van der Waals surface area contributed by atoms with Crippen LogP contribution in [0.5, 0.6) is 0 Å². The number of benzene rings is 1. The van der Waals surface area contributed by atoms with Crippen molar-refractivity contribution in [1.29, 1.82) is 0 Å². The van der Waals surface area contributed by atoms with Crippen LogP contribution in [0.1, 0.15) is 80.3 Å². The van der Waals surface area contributed by atoms with Gasteiger partial charge < -0.3 is 0 Å². The molecule has 9 atom stereocenters. The van der Waals surface area contributed by atoms with E-state index in [1.807, 2.05) is 0 Å². The van der Waals surface area contributed by atoms with E-state index in [1.165, 1.54) is 48.2 Å². The summed E-state index contributed by atoms with van der Waals surface area (Å²) >= 11 is 0. The zero-order valence-electron chi connectivity index (χ0n) is 25.4. The highest BCUT2D eigenvalue weighted by atomic mass is 15.2. The predicted molar refractivity (Wildman–Crippen MR) is 173 cm³/mol. The summed E-state index contributed by atoms with van der Waals surface area (Å²) in [6.07, 6.45) is 30.1. The molecule has 2 aromatic rings. The molecule has 214 valence electrons. The second kappa shape index (κ2) is 10.2. The molecule has 42 heavy (non-hydrogen) atoms. The number of likely N-dealkylation sites (N-methyl/N-ethyl adjacent to an activating group) is 1. The molecular weight excluding hydrogens is 508 g/mol. The van der Waals surface area contributed by atoms with Crippen LogP contribution in [0.4, 0.5) is 0 Å². The van der Waals surface area contributed by atoms with E-state index in [2.05, 4.69) is 129 Å². The third kappa shape index (κ3) is 3.77. The molecule has 8 bridgehead atoms. The largest absolute Gasteiger partial charge is 0.295 e. The van der Waals surface area contributed by atoms with Crippen molar-refractivity contribution in [3.05, 3.63) is 137 Å². The number of piperidine rings is 1. The number of fused-ring (bicyclic) bond motifs is 17. The molecule has 0 saturated carbocycles. The van der Waals surface area contributed by atoms with Crippen LogP contribution in [-0.4, -0.2) is 29.0 Å². The maximum Gasteiger partial charge on any atom is 0.0604 e. The molecule has 1 aromatic carbocycles. The number of aromatic nitrogens is 1. The third-order valence-electron chi connectivity index (χ3n) is 12.1. The van der Waals surface area contributed by atoms with Gasteiger partial charge in [-0.3, -0.25) is 9.88 Å². The number of allylic oxidation sites excluding steroid dienone is 11. The Hall–Kier alpha value is -3.23. The first-order valence-electron chi connectivity index (χ1n) is 16.5. The SMILES string of the molecule is CC1C2=CC=CC1CCC1=CC=CC(c3cccc(n3)C3(c4ccccc4C4C=CC=CC43)C3CCCC2N3C)C1C. The van der Waals surface area contributed by atoms with Gasteiger partial charge in [0, 0.05) is 35.5 Å². The van der Waals surface area contributed by atoms with Crippen molar-refractivity contribution >= 4 is 0 Å². The molecule has 3 heterocycles. The van der Waals surface area contributed by atoms with Crippen LogP contribution in [0.2, 0.25) is 0 Å². The summed E-state index contributed by atoms with van der Waals surface area (Å²) in [7, 11) is 2.44. The van der Waals surface area contributed by atoms with E-state index in [-0.39, 0.29) is 5.41 Å². The average Bonchev–Trinajstić information content (AvgIpc) is 3.32. The number of pyridine rings is 1. The quantitative estimate of drug-likeness (QED) is 0.325. The topological polar surface area (TPSA) is 16.1 Å². The molecule has 0 N–H and O–H groups in total. The van der Waals surface area contributed by atoms with E-state index in [1.54, 1.807) is 11.1 Å². The van der Waals surface area contributed by atoms with Gasteiger partial charge in [0.05, 0.1) is 11.1 Å². The first-order chi connectivity index (χ1) is 20.6. The molecule has 1 aromatic heterocycles. The predicted octanol–water partition coefficient (Wildman–Crippen LogP) is 8.82. The van der Waals surface area contributed by atoms with Gasteiger partial charge in [-0.2, -0.15) is 0 Å². The van der Waals surface area contributed by atoms with E-state index < -0.39 is 0 Å². The minimum atomic E-state index is -0.208.